The number of halogens is 1. The summed E-state index contributed by atoms with van der Waals surface area (Å²) in [5, 5.41) is 10.5. The predicted molar refractivity (Wildman–Crippen MR) is 57.1 cm³/mol. The van der Waals surface area contributed by atoms with Crippen LogP contribution in [0.15, 0.2) is 17.0 Å². The van der Waals surface area contributed by atoms with Crippen LogP contribution >= 0.6 is 10.7 Å². The van der Waals surface area contributed by atoms with Gasteiger partial charge in [0.15, 0.2) is 4.90 Å². The number of nitro groups is 1. The number of hydrogen-bond donors (Lipinski definition) is 1. The van der Waals surface area contributed by atoms with E-state index in [2.05, 4.69) is 0 Å². The van der Waals surface area contributed by atoms with Gasteiger partial charge >= 0.3 is 0 Å². The van der Waals surface area contributed by atoms with Crippen LogP contribution in [0.3, 0.4) is 0 Å². The molecule has 0 saturated carbocycles. The molecule has 0 aromatic heterocycles. The van der Waals surface area contributed by atoms with Gasteiger partial charge in [0, 0.05) is 16.7 Å². The quantitative estimate of drug-likeness (QED) is 0.379. The standard InChI is InChI=1S/C7H7ClN2O5S/c1-15-5-3-2-4(10(11)12)6(9)7(5)16(8,13)14/h2-3H,9H2,1H3. The number of nitrogens with two attached hydrogens (primary N) is 1. The van der Waals surface area contributed by atoms with E-state index in [1.807, 2.05) is 0 Å². The Morgan fingerprint density at radius 3 is 2.44 bits per heavy atom. The third-order valence-electron chi connectivity index (χ3n) is 1.80. The van der Waals surface area contributed by atoms with Crippen LogP contribution in [0.5, 0.6) is 5.75 Å². The van der Waals surface area contributed by atoms with Gasteiger partial charge in [-0.1, -0.05) is 0 Å². The summed E-state index contributed by atoms with van der Waals surface area (Å²) in [5.74, 6) is -0.141. The Hall–Kier alpha value is -1.54. The summed E-state index contributed by atoms with van der Waals surface area (Å²) in [5.41, 5.74) is 4.28. The zero-order valence-corrected chi connectivity index (χ0v) is 9.58. The van der Waals surface area contributed by atoms with E-state index in [1.165, 1.54) is 7.11 Å². The minimum absolute atomic E-state index is 0.141. The molecule has 0 fully saturated rings. The van der Waals surface area contributed by atoms with Crippen LogP contribution in [0, 0.1) is 10.1 Å². The largest absolute Gasteiger partial charge is 0.495 e. The molecule has 0 unspecified atom stereocenters. The maximum Gasteiger partial charge on any atom is 0.293 e. The fraction of sp³-hybridized carbons (Fsp3) is 0.143. The van der Waals surface area contributed by atoms with E-state index in [-0.39, 0.29) is 5.75 Å². The van der Waals surface area contributed by atoms with Crippen molar-refractivity contribution in [3.8, 4) is 5.75 Å². The van der Waals surface area contributed by atoms with Crippen LogP contribution < -0.4 is 10.5 Å². The lowest BCUT2D eigenvalue weighted by atomic mass is 10.2. The third kappa shape index (κ3) is 2.17. The minimum atomic E-state index is -4.21. The average molecular weight is 267 g/mol. The molecule has 9 heteroatoms. The summed E-state index contributed by atoms with van der Waals surface area (Å²) >= 11 is 0. The number of rotatable bonds is 3. The SMILES string of the molecule is COc1ccc([N+](=O)[O-])c(N)c1S(=O)(=O)Cl. The van der Waals surface area contributed by atoms with Gasteiger partial charge < -0.3 is 10.5 Å². The van der Waals surface area contributed by atoms with E-state index in [0.717, 1.165) is 12.1 Å². The first-order valence-electron chi connectivity index (χ1n) is 3.84. The van der Waals surface area contributed by atoms with E-state index in [1.54, 1.807) is 0 Å². The molecule has 0 atom stereocenters. The van der Waals surface area contributed by atoms with E-state index in [4.69, 9.17) is 21.2 Å². The van der Waals surface area contributed by atoms with Crippen LogP contribution in [-0.2, 0) is 9.05 Å². The van der Waals surface area contributed by atoms with Crippen LogP contribution in [-0.4, -0.2) is 20.5 Å². The van der Waals surface area contributed by atoms with Crippen LogP contribution in [0.25, 0.3) is 0 Å². The van der Waals surface area contributed by atoms with Gasteiger partial charge in [-0.2, -0.15) is 0 Å². The van der Waals surface area contributed by atoms with E-state index >= 15 is 0 Å². The topological polar surface area (TPSA) is 113 Å². The molecule has 16 heavy (non-hydrogen) atoms. The molecule has 1 aromatic rings. The molecule has 0 bridgehead atoms. The third-order valence-corrected chi connectivity index (χ3v) is 3.17. The highest BCUT2D eigenvalue weighted by Crippen LogP contribution is 2.37. The summed E-state index contributed by atoms with van der Waals surface area (Å²) in [4.78, 5) is 9.15. The summed E-state index contributed by atoms with van der Waals surface area (Å²) in [7, 11) is 2.10. The Balaban J connectivity index is 3.67. The van der Waals surface area contributed by atoms with Crippen LogP contribution in [0.2, 0.25) is 0 Å². The number of benzene rings is 1. The van der Waals surface area contributed by atoms with Crippen molar-refractivity contribution in [2.75, 3.05) is 12.8 Å². The molecule has 0 aliphatic heterocycles. The minimum Gasteiger partial charge on any atom is -0.495 e. The van der Waals surface area contributed by atoms with Gasteiger partial charge in [-0.15, -0.1) is 0 Å². The molecule has 2 N–H and O–H groups in total. The smallest absolute Gasteiger partial charge is 0.293 e. The molecular formula is C7H7ClN2O5S. The second kappa shape index (κ2) is 4.14. The van der Waals surface area contributed by atoms with Crippen LogP contribution in [0.4, 0.5) is 11.4 Å². The van der Waals surface area contributed by atoms with Crippen LogP contribution in [0.1, 0.15) is 0 Å². The Morgan fingerprint density at radius 1 is 1.50 bits per heavy atom. The van der Waals surface area contributed by atoms with Gasteiger partial charge in [0.25, 0.3) is 14.7 Å². The fourth-order valence-corrected chi connectivity index (χ4v) is 2.38. The molecule has 0 aliphatic carbocycles. The van der Waals surface area contributed by atoms with Gasteiger partial charge in [-0.25, -0.2) is 8.42 Å². The van der Waals surface area contributed by atoms with Gasteiger partial charge in [0.05, 0.1) is 12.0 Å². The van der Waals surface area contributed by atoms with Gasteiger partial charge in [-0.3, -0.25) is 10.1 Å². The lowest BCUT2D eigenvalue weighted by Crippen LogP contribution is -2.05. The number of nitrogens with zero attached hydrogens (tertiary/aromatic N) is 1. The second-order valence-electron chi connectivity index (χ2n) is 2.72. The van der Waals surface area contributed by atoms with Crippen molar-refractivity contribution in [3.63, 3.8) is 0 Å². The molecule has 0 heterocycles. The van der Waals surface area contributed by atoms with Crippen molar-refractivity contribution < 1.29 is 18.1 Å². The summed E-state index contributed by atoms with van der Waals surface area (Å²) < 4.78 is 27.1. The van der Waals surface area contributed by atoms with Crippen molar-refractivity contribution in [2.45, 2.75) is 4.90 Å². The van der Waals surface area contributed by atoms with Gasteiger partial charge in [0.2, 0.25) is 0 Å². The fourth-order valence-electron chi connectivity index (χ4n) is 1.14. The zero-order valence-electron chi connectivity index (χ0n) is 8.01. The number of hydrogen-bond acceptors (Lipinski definition) is 6. The molecule has 88 valence electrons. The first kappa shape index (κ1) is 12.5. The monoisotopic (exact) mass is 266 g/mol. The predicted octanol–water partition coefficient (Wildman–Crippen LogP) is 1.11. The Kier molecular flexibility index (Phi) is 3.24. The lowest BCUT2D eigenvalue weighted by molar-refractivity contribution is -0.384. The van der Waals surface area contributed by atoms with Crippen molar-refractivity contribution in [3.05, 3.63) is 22.2 Å². The van der Waals surface area contributed by atoms with E-state index in [9.17, 15) is 18.5 Å². The number of nitrogen functional groups attached to an aromatic ring is 1. The lowest BCUT2D eigenvalue weighted by Gasteiger charge is -2.08. The molecule has 1 rings (SSSR count). The molecule has 0 spiro atoms. The molecule has 0 saturated heterocycles. The highest BCUT2D eigenvalue weighted by atomic mass is 35.7. The second-order valence-corrected chi connectivity index (χ2v) is 5.23. The molecule has 1 aromatic carbocycles. The van der Waals surface area contributed by atoms with Crippen molar-refractivity contribution >= 4 is 31.1 Å². The Labute approximate surface area is 95.3 Å². The summed E-state index contributed by atoms with van der Waals surface area (Å²) in [6.07, 6.45) is 0. The maximum atomic E-state index is 11.2. The molecule has 0 amide bonds. The molecule has 7 nitrogen and oxygen atoms in total. The first-order valence-corrected chi connectivity index (χ1v) is 6.15. The van der Waals surface area contributed by atoms with Crippen molar-refractivity contribution in [2.24, 2.45) is 0 Å². The normalized spacial score (nSPS) is 11.1. The number of methoxy groups -OCH3 is 1. The average Bonchev–Trinajstić information content (AvgIpc) is 2.14. The summed E-state index contributed by atoms with van der Waals surface area (Å²) in [6, 6.07) is 2.16. The first-order chi connectivity index (χ1) is 7.29. The van der Waals surface area contributed by atoms with Crippen molar-refractivity contribution in [1.82, 2.24) is 0 Å². The zero-order chi connectivity index (χ0) is 12.5. The highest BCUT2D eigenvalue weighted by Gasteiger charge is 2.27. The van der Waals surface area contributed by atoms with E-state index in [0.29, 0.717) is 0 Å². The summed E-state index contributed by atoms with van der Waals surface area (Å²) in [6.45, 7) is 0. The molecule has 0 aliphatic rings. The van der Waals surface area contributed by atoms with Crippen molar-refractivity contribution in [1.29, 1.82) is 0 Å². The highest BCUT2D eigenvalue weighted by molar-refractivity contribution is 8.14. The van der Waals surface area contributed by atoms with Gasteiger partial charge in [0.1, 0.15) is 11.4 Å². The molecular weight excluding hydrogens is 260 g/mol. The Morgan fingerprint density at radius 2 is 2.06 bits per heavy atom. The molecule has 0 radical (unpaired) electrons. The van der Waals surface area contributed by atoms with E-state index < -0.39 is 30.2 Å². The number of ether oxygens (including phenoxy) is 1. The number of nitro benzene ring substituents is 1. The maximum absolute atomic E-state index is 11.2. The Bertz CT molecular complexity index is 542. The number of anilines is 1. The van der Waals surface area contributed by atoms with Gasteiger partial charge in [-0.05, 0) is 6.07 Å².